The number of halogens is 1. The fourth-order valence-electron chi connectivity index (χ4n) is 2.32. The van der Waals surface area contributed by atoms with Gasteiger partial charge < -0.3 is 10.2 Å². The fraction of sp³-hybridized carbons (Fsp3) is 0.722. The molecule has 25 heavy (non-hydrogen) atoms. The Morgan fingerprint density at radius 3 is 2.20 bits per heavy atom. The number of carbonyl (C=O) groups is 2. The molecule has 0 aliphatic rings. The molecule has 0 unspecified atom stereocenters. The number of hydrogen-bond acceptors (Lipinski definition) is 3. The molecule has 0 aromatic carbocycles. The van der Waals surface area contributed by atoms with Crippen molar-refractivity contribution in [2.24, 2.45) is 0 Å². The maximum absolute atomic E-state index is 12.5. The van der Waals surface area contributed by atoms with Gasteiger partial charge in [-0.1, -0.05) is 20.8 Å². The first kappa shape index (κ1) is 21.5. The maximum atomic E-state index is 12.5. The number of hydrogen-bond donors (Lipinski definition) is 1. The van der Waals surface area contributed by atoms with Crippen molar-refractivity contribution in [2.75, 3.05) is 17.7 Å². The molecule has 0 saturated heterocycles. The molecule has 1 heterocycles. The van der Waals surface area contributed by atoms with Crippen LogP contribution in [-0.4, -0.2) is 45.0 Å². The zero-order valence-corrected chi connectivity index (χ0v) is 17.4. The van der Waals surface area contributed by atoms with E-state index in [1.165, 1.54) is 4.90 Å². The third-order valence-corrected chi connectivity index (χ3v) is 3.98. The van der Waals surface area contributed by atoms with Crippen molar-refractivity contribution in [1.29, 1.82) is 0 Å². The van der Waals surface area contributed by atoms with E-state index in [2.05, 4.69) is 31.2 Å². The molecule has 142 valence electrons. The average molecular weight is 371 g/mol. The molecule has 1 rings (SSSR count). The number of rotatable bonds is 5. The van der Waals surface area contributed by atoms with E-state index >= 15 is 0 Å². The molecule has 0 radical (unpaired) electrons. The van der Waals surface area contributed by atoms with Crippen LogP contribution in [0.1, 0.15) is 61.1 Å². The minimum absolute atomic E-state index is 0.0383. The van der Waals surface area contributed by atoms with Crippen LogP contribution in [0.5, 0.6) is 0 Å². The minimum atomic E-state index is -0.282. The van der Waals surface area contributed by atoms with E-state index in [0.717, 1.165) is 5.69 Å². The van der Waals surface area contributed by atoms with Crippen LogP contribution >= 0.6 is 11.6 Å². The van der Waals surface area contributed by atoms with Gasteiger partial charge in [0, 0.05) is 17.5 Å². The summed E-state index contributed by atoms with van der Waals surface area (Å²) in [5.41, 5.74) is 0.486. The first-order valence-corrected chi connectivity index (χ1v) is 9.07. The summed E-state index contributed by atoms with van der Waals surface area (Å²) < 4.78 is 1.81. The second kappa shape index (κ2) is 7.77. The van der Waals surface area contributed by atoms with E-state index in [9.17, 15) is 9.59 Å². The highest BCUT2D eigenvalue weighted by molar-refractivity contribution is 6.27. The lowest BCUT2D eigenvalue weighted by atomic mass is 9.92. The molecule has 1 N–H and O–H groups in total. The van der Waals surface area contributed by atoms with Gasteiger partial charge in [0.15, 0.2) is 0 Å². The third-order valence-electron chi connectivity index (χ3n) is 3.75. The molecule has 2 amide bonds. The van der Waals surface area contributed by atoms with Crippen molar-refractivity contribution in [3.8, 4) is 0 Å². The molecular weight excluding hydrogens is 340 g/mol. The molecule has 1 aromatic rings. The van der Waals surface area contributed by atoms with Crippen molar-refractivity contribution in [3.05, 3.63) is 11.8 Å². The van der Waals surface area contributed by atoms with Crippen LogP contribution in [0, 0.1) is 0 Å². The predicted octanol–water partition coefficient (Wildman–Crippen LogP) is 3.35. The van der Waals surface area contributed by atoms with Gasteiger partial charge in [-0.15, -0.1) is 11.6 Å². The number of amides is 2. The van der Waals surface area contributed by atoms with E-state index in [4.69, 9.17) is 11.6 Å². The lowest BCUT2D eigenvalue weighted by Crippen LogP contribution is -2.43. The van der Waals surface area contributed by atoms with Gasteiger partial charge in [-0.05, 0) is 34.6 Å². The molecule has 0 saturated carbocycles. The van der Waals surface area contributed by atoms with E-state index in [1.54, 1.807) is 0 Å². The quantitative estimate of drug-likeness (QED) is 0.808. The van der Waals surface area contributed by atoms with E-state index in [1.807, 2.05) is 45.4 Å². The number of nitrogens with one attached hydrogen (secondary N) is 1. The molecule has 0 atom stereocenters. The van der Waals surface area contributed by atoms with Gasteiger partial charge >= 0.3 is 0 Å². The van der Waals surface area contributed by atoms with Gasteiger partial charge in [0.25, 0.3) is 0 Å². The normalized spacial score (nSPS) is 12.4. The van der Waals surface area contributed by atoms with Crippen LogP contribution in [0.2, 0.25) is 0 Å². The molecule has 0 fully saturated rings. The van der Waals surface area contributed by atoms with Crippen LogP contribution < -0.4 is 5.32 Å². The number of nitrogens with zero attached hydrogens (tertiary/aromatic N) is 3. The Hall–Kier alpha value is -1.56. The van der Waals surface area contributed by atoms with Crippen molar-refractivity contribution in [1.82, 2.24) is 14.7 Å². The number of aromatic nitrogens is 2. The van der Waals surface area contributed by atoms with Gasteiger partial charge in [0.1, 0.15) is 18.2 Å². The Kier molecular flexibility index (Phi) is 6.68. The summed E-state index contributed by atoms with van der Waals surface area (Å²) in [6.45, 7) is 16.0. The number of anilines is 1. The molecule has 7 heteroatoms. The highest BCUT2D eigenvalue weighted by Gasteiger charge is 2.26. The summed E-state index contributed by atoms with van der Waals surface area (Å²) in [7, 11) is 0. The highest BCUT2D eigenvalue weighted by atomic mass is 35.5. The van der Waals surface area contributed by atoms with Crippen molar-refractivity contribution >= 4 is 29.2 Å². The molecular formula is C18H31ClN4O2. The lowest BCUT2D eigenvalue weighted by molar-refractivity contribution is -0.134. The first-order valence-electron chi connectivity index (χ1n) is 8.53. The molecule has 0 aliphatic carbocycles. The molecule has 0 bridgehead atoms. The Balaban J connectivity index is 3.07. The van der Waals surface area contributed by atoms with Crippen molar-refractivity contribution in [2.45, 2.75) is 72.4 Å². The van der Waals surface area contributed by atoms with Crippen LogP contribution in [0.15, 0.2) is 6.07 Å². The summed E-state index contributed by atoms with van der Waals surface area (Å²) in [4.78, 5) is 25.9. The SMILES string of the molecule is CC(C)N(CC(=O)Nc1cc(C(C)(C)C)nn1C(C)(C)C)C(=O)CCl. The van der Waals surface area contributed by atoms with Gasteiger partial charge in [0.2, 0.25) is 11.8 Å². The Morgan fingerprint density at radius 1 is 1.24 bits per heavy atom. The summed E-state index contributed by atoms with van der Waals surface area (Å²) in [6, 6.07) is 1.79. The Morgan fingerprint density at radius 2 is 1.80 bits per heavy atom. The first-order chi connectivity index (χ1) is 11.3. The van der Waals surface area contributed by atoms with Crippen LogP contribution in [0.25, 0.3) is 0 Å². The average Bonchev–Trinajstić information content (AvgIpc) is 2.87. The van der Waals surface area contributed by atoms with Gasteiger partial charge in [0.05, 0.1) is 11.2 Å². The third kappa shape index (κ3) is 5.73. The Bertz CT molecular complexity index is 624. The van der Waals surface area contributed by atoms with Gasteiger partial charge in [-0.25, -0.2) is 4.68 Å². The second-order valence-electron chi connectivity index (χ2n) is 8.54. The van der Waals surface area contributed by atoms with E-state index < -0.39 is 0 Å². The molecule has 0 spiro atoms. The van der Waals surface area contributed by atoms with Gasteiger partial charge in [-0.2, -0.15) is 5.10 Å². The standard InChI is InChI=1S/C18H31ClN4O2/c1-12(2)22(16(25)10-19)11-15(24)20-14-9-13(17(3,4)5)21-23(14)18(6,7)8/h9,12H,10-11H2,1-8H3,(H,20,24). The molecule has 0 aliphatic heterocycles. The number of carbonyl (C=O) groups excluding carboxylic acids is 2. The Labute approximate surface area is 155 Å². The van der Waals surface area contributed by atoms with E-state index in [0.29, 0.717) is 5.82 Å². The zero-order chi connectivity index (χ0) is 19.6. The molecule has 6 nitrogen and oxygen atoms in total. The zero-order valence-electron chi connectivity index (χ0n) is 16.6. The van der Waals surface area contributed by atoms with Crippen LogP contribution in [-0.2, 0) is 20.5 Å². The largest absolute Gasteiger partial charge is 0.330 e. The lowest BCUT2D eigenvalue weighted by Gasteiger charge is -2.26. The topological polar surface area (TPSA) is 67.2 Å². The molecule has 1 aromatic heterocycles. The summed E-state index contributed by atoms with van der Waals surface area (Å²) in [5.74, 6) is -0.0338. The van der Waals surface area contributed by atoms with Gasteiger partial charge in [-0.3, -0.25) is 9.59 Å². The van der Waals surface area contributed by atoms with Crippen LogP contribution in [0.3, 0.4) is 0 Å². The summed E-state index contributed by atoms with van der Waals surface area (Å²) >= 11 is 5.64. The number of alkyl halides is 1. The predicted molar refractivity (Wildman–Crippen MR) is 102 cm³/mol. The minimum Gasteiger partial charge on any atom is -0.330 e. The van der Waals surface area contributed by atoms with Crippen molar-refractivity contribution < 1.29 is 9.59 Å². The highest BCUT2D eigenvalue weighted by Crippen LogP contribution is 2.28. The maximum Gasteiger partial charge on any atom is 0.245 e. The van der Waals surface area contributed by atoms with E-state index in [-0.39, 0.29) is 41.2 Å². The van der Waals surface area contributed by atoms with Crippen molar-refractivity contribution in [3.63, 3.8) is 0 Å². The monoisotopic (exact) mass is 370 g/mol. The van der Waals surface area contributed by atoms with Crippen LogP contribution in [0.4, 0.5) is 5.82 Å². The summed E-state index contributed by atoms with van der Waals surface area (Å²) in [5, 5.41) is 7.57. The smallest absolute Gasteiger partial charge is 0.245 e. The fourth-order valence-corrected chi connectivity index (χ4v) is 2.47. The second-order valence-corrected chi connectivity index (χ2v) is 8.81. The summed E-state index contributed by atoms with van der Waals surface area (Å²) in [6.07, 6.45) is 0.